The van der Waals surface area contributed by atoms with E-state index >= 15 is 0 Å². The molecule has 7 atom stereocenters. The van der Waals surface area contributed by atoms with Gasteiger partial charge in [0.2, 0.25) is 35.4 Å². The van der Waals surface area contributed by atoms with Crippen molar-refractivity contribution in [2.45, 2.75) is 110 Å². The van der Waals surface area contributed by atoms with Crippen LogP contribution in [0.1, 0.15) is 67.2 Å². The van der Waals surface area contributed by atoms with Crippen molar-refractivity contribution >= 4 is 61.2 Å². The number of carbonyl (C=O) groups excluding carboxylic acids is 6. The third kappa shape index (κ3) is 20.3. The number of phosphoric ester groups is 1. The zero-order valence-corrected chi connectivity index (χ0v) is 31.9. The molecule has 0 fully saturated rings. The van der Waals surface area contributed by atoms with Gasteiger partial charge in [0.1, 0.15) is 36.3 Å². The summed E-state index contributed by atoms with van der Waals surface area (Å²) in [6.45, 7) is 7.88. The van der Waals surface area contributed by atoms with E-state index in [4.69, 9.17) is 28.0 Å². The van der Waals surface area contributed by atoms with Crippen LogP contribution in [0.2, 0.25) is 0 Å². The van der Waals surface area contributed by atoms with Gasteiger partial charge in [-0.1, -0.05) is 13.8 Å². The molecule has 0 saturated carbocycles. The Morgan fingerprint density at radius 1 is 0.648 bits per heavy atom. The van der Waals surface area contributed by atoms with E-state index in [0.29, 0.717) is 0 Å². The number of hydrogen-bond donors (Lipinski definition) is 13. The second-order valence-corrected chi connectivity index (χ2v) is 13.7. The first-order chi connectivity index (χ1) is 24.9. The molecule has 17 N–H and O–H groups in total. The smallest absolute Gasteiger partial charge is 0.469 e. The van der Waals surface area contributed by atoms with E-state index < -0.39 is 97.5 Å². The summed E-state index contributed by atoms with van der Waals surface area (Å²) in [6, 6.07) is -8.45. The molecule has 0 aromatic rings. The highest BCUT2D eigenvalue weighted by Crippen LogP contribution is 2.38. The zero-order chi connectivity index (χ0) is 41.9. The Morgan fingerprint density at radius 2 is 1.07 bits per heavy atom. The predicted octanol–water partition coefficient (Wildman–Crippen LogP) is -4.70. The lowest BCUT2D eigenvalue weighted by molar-refractivity contribution is -0.142. The molecule has 0 aromatic carbocycles. The molecule has 0 saturated heterocycles. The highest BCUT2D eigenvalue weighted by Gasteiger charge is 2.37. The minimum Gasteiger partial charge on any atom is -0.480 e. The van der Waals surface area contributed by atoms with E-state index in [9.17, 15) is 47.9 Å². The molecular weight excluding hydrogens is 741 g/mol. The highest BCUT2D eigenvalue weighted by molar-refractivity contribution is 7.46. The summed E-state index contributed by atoms with van der Waals surface area (Å²) in [7, 11) is -5.24. The number of phosphoric acid groups is 1. The molecule has 24 nitrogen and oxygen atoms in total. The van der Waals surface area contributed by atoms with Gasteiger partial charge in [0.15, 0.2) is 11.9 Å². The third-order valence-electron chi connectivity index (χ3n) is 7.30. The van der Waals surface area contributed by atoms with Crippen LogP contribution in [0, 0.1) is 5.92 Å². The molecule has 0 aromatic heterocycles. The Bertz CT molecular complexity index is 1430. The first-order valence-electron chi connectivity index (χ1n) is 16.7. The summed E-state index contributed by atoms with van der Waals surface area (Å²) in [5.74, 6) is -7.66. The van der Waals surface area contributed by atoms with Crippen LogP contribution in [0.25, 0.3) is 0 Å². The fourth-order valence-electron chi connectivity index (χ4n) is 4.54. The van der Waals surface area contributed by atoms with E-state index in [1.54, 1.807) is 0 Å². The van der Waals surface area contributed by atoms with Gasteiger partial charge >= 0.3 is 13.8 Å². The number of carboxylic acids is 1. The molecule has 0 aliphatic heterocycles. The van der Waals surface area contributed by atoms with Gasteiger partial charge in [0.25, 0.3) is 0 Å². The van der Waals surface area contributed by atoms with Crippen LogP contribution in [0.15, 0.2) is 9.98 Å². The van der Waals surface area contributed by atoms with Crippen LogP contribution < -0.4 is 54.8 Å². The van der Waals surface area contributed by atoms with Crippen LogP contribution in [-0.4, -0.2) is 124 Å². The largest absolute Gasteiger partial charge is 0.480 e. The van der Waals surface area contributed by atoms with Gasteiger partial charge in [0, 0.05) is 20.0 Å². The maximum Gasteiger partial charge on any atom is 0.469 e. The fraction of sp³-hybridized carbons (Fsp3) is 0.690. The average molecular weight is 797 g/mol. The van der Waals surface area contributed by atoms with Gasteiger partial charge in [-0.05, 0) is 52.4 Å². The van der Waals surface area contributed by atoms with Crippen LogP contribution in [0.5, 0.6) is 0 Å². The maximum absolute atomic E-state index is 13.5. The predicted molar refractivity (Wildman–Crippen MR) is 193 cm³/mol. The Balaban J connectivity index is 6.21. The third-order valence-corrected chi connectivity index (χ3v) is 7.91. The Labute approximate surface area is 312 Å². The van der Waals surface area contributed by atoms with Crippen molar-refractivity contribution in [3.05, 3.63) is 0 Å². The molecule has 0 rings (SSSR count). The van der Waals surface area contributed by atoms with Crippen LogP contribution in [-0.2, 0) is 42.7 Å². The van der Waals surface area contributed by atoms with Crippen LogP contribution >= 0.6 is 7.82 Å². The number of carboxylic acid groups (broad SMARTS) is 1. The lowest BCUT2D eigenvalue weighted by atomic mass is 10.0. The molecule has 25 heteroatoms. The summed E-state index contributed by atoms with van der Waals surface area (Å²) in [5.41, 5.74) is 21.4. The van der Waals surface area contributed by atoms with Gasteiger partial charge in [0.05, 0.1) is 6.10 Å². The highest BCUT2D eigenvalue weighted by atomic mass is 31.2. The summed E-state index contributed by atoms with van der Waals surface area (Å²) in [5, 5.41) is 23.3. The minimum absolute atomic E-state index is 0.0547. The molecule has 0 radical (unpaired) electrons. The maximum atomic E-state index is 13.5. The molecule has 0 aliphatic rings. The molecule has 0 bridgehead atoms. The minimum atomic E-state index is -5.24. The van der Waals surface area contributed by atoms with Crippen molar-refractivity contribution in [1.29, 1.82) is 0 Å². The standard InChI is InChI=1S/C29H55N12O12P/c1-13(2)20(25(46)37-15(4)27(48)49)40-26(47)21(16(5)53-54(50,51)52)41-22(43)14(3)36-23(44)19(10-8-12-35-29(32)33)39-24(45)18(38-17(6)42)9-7-11-34-28(30)31/h13-16,18-21H,7-12H2,1-6H3,(H,36,44)(H,37,46)(H,38,42)(H,39,45)(H,40,47)(H,41,43)(H,48,49)(H4,30,31,34)(H4,32,33,35)(H2,50,51,52)/t14-,15-,16?,18-,19-,20-,21-/m0/s1/i6+2. The summed E-state index contributed by atoms with van der Waals surface area (Å²) in [4.78, 5) is 116. The Kier molecular flexibility index (Phi) is 21.4. The topological polar surface area (TPSA) is 407 Å². The molecule has 6 amide bonds. The first-order valence-corrected chi connectivity index (χ1v) is 18.3. The van der Waals surface area contributed by atoms with Crippen molar-refractivity contribution in [2.24, 2.45) is 38.8 Å². The van der Waals surface area contributed by atoms with Gasteiger partial charge in [-0.3, -0.25) is 48.1 Å². The Morgan fingerprint density at radius 3 is 1.50 bits per heavy atom. The van der Waals surface area contributed by atoms with Gasteiger partial charge in [-0.15, -0.1) is 0 Å². The number of nitrogens with one attached hydrogen (secondary N) is 6. The zero-order valence-electron chi connectivity index (χ0n) is 31.0. The molecule has 0 heterocycles. The number of nitrogens with two attached hydrogens (primary N) is 4. The van der Waals surface area contributed by atoms with Crippen LogP contribution in [0.4, 0.5) is 0 Å². The molecule has 0 spiro atoms. The number of amides is 6. The van der Waals surface area contributed by atoms with Gasteiger partial charge < -0.3 is 69.7 Å². The quantitative estimate of drug-likeness (QED) is 0.0189. The van der Waals surface area contributed by atoms with Crippen molar-refractivity contribution in [3.63, 3.8) is 0 Å². The van der Waals surface area contributed by atoms with Crippen molar-refractivity contribution in [1.82, 2.24) is 31.9 Å². The molecule has 54 heavy (non-hydrogen) atoms. The molecule has 1 unspecified atom stereocenters. The van der Waals surface area contributed by atoms with Crippen molar-refractivity contribution in [2.75, 3.05) is 13.1 Å². The summed E-state index contributed by atoms with van der Waals surface area (Å²) in [6.07, 6.45) is -1.24. The number of guanidine groups is 2. The molecule has 308 valence electrons. The van der Waals surface area contributed by atoms with E-state index in [1.165, 1.54) is 34.6 Å². The number of carbonyl (C=O) groups is 7. The van der Waals surface area contributed by atoms with E-state index in [0.717, 1.165) is 6.92 Å². The second-order valence-electron chi connectivity index (χ2n) is 12.5. The Hall–Kier alpha value is -5.06. The second kappa shape index (κ2) is 23.6. The fourth-order valence-corrected chi connectivity index (χ4v) is 5.09. The monoisotopic (exact) mass is 796 g/mol. The van der Waals surface area contributed by atoms with Gasteiger partial charge in [-0.2, -0.15) is 0 Å². The summed E-state index contributed by atoms with van der Waals surface area (Å²) >= 11 is 0. The number of nitrogens with zero attached hydrogens (tertiary/aromatic N) is 2. The van der Waals surface area contributed by atoms with E-state index in [1.807, 2.05) is 0 Å². The number of aliphatic carboxylic acids is 1. The lowest BCUT2D eigenvalue weighted by Gasteiger charge is -2.29. The van der Waals surface area contributed by atoms with Crippen molar-refractivity contribution < 1.29 is 57.5 Å². The van der Waals surface area contributed by atoms with Crippen molar-refractivity contribution in [3.8, 4) is 0 Å². The number of hydrogen-bond acceptors (Lipinski definition) is 11. The normalized spacial score (nSPS) is 15.1. The van der Waals surface area contributed by atoms with Gasteiger partial charge in [-0.25, -0.2) is 4.57 Å². The van der Waals surface area contributed by atoms with Crippen LogP contribution in [0.3, 0.4) is 0 Å². The molecule has 0 aliphatic carbocycles. The first kappa shape index (κ1) is 48.9. The summed E-state index contributed by atoms with van der Waals surface area (Å²) < 4.78 is 16.3. The van der Waals surface area contributed by atoms with E-state index in [2.05, 4.69) is 46.4 Å². The number of aliphatic imine (C=N–C) groups is 2. The number of rotatable bonds is 24. The average Bonchev–Trinajstić information content (AvgIpc) is 3.03. The molecular formula is C29H55N12O12P. The van der Waals surface area contributed by atoms with E-state index in [-0.39, 0.29) is 50.7 Å². The SMILES string of the molecule is CC(C)[C@H](NC(=O)[C@@H](NC(=O)[C@H](C)NC(=O)[C@H](CCCN=C(N)N)NC(=O)[C@H](CCCN=C(N)N)NC([14CH3])=O)C(C)OP(=O)(O)O)C(=O)N[C@@H](C)C(=O)O. The lowest BCUT2D eigenvalue weighted by Crippen LogP contribution is -2.61.